The minimum absolute atomic E-state index is 0.178. The number of unbranched alkanes of at least 4 members (excludes halogenated alkanes) is 7. The van der Waals surface area contributed by atoms with Gasteiger partial charge in [-0.05, 0) is 12.8 Å². The number of alkyl halides is 1. The summed E-state index contributed by atoms with van der Waals surface area (Å²) in [7, 11) is 1.44. The van der Waals surface area contributed by atoms with Crippen LogP contribution >= 0.6 is 22.6 Å². The molecular formula is C14H25IO2. The molecule has 0 heterocycles. The van der Waals surface area contributed by atoms with Crippen molar-refractivity contribution in [1.29, 1.82) is 0 Å². The second-order valence-corrected chi connectivity index (χ2v) is 5.03. The monoisotopic (exact) mass is 352 g/mol. The number of methoxy groups -OCH3 is 1. The summed E-state index contributed by atoms with van der Waals surface area (Å²) in [6.45, 7) is 2.24. The molecule has 0 spiro atoms. The molecule has 0 aromatic carbocycles. The molecule has 0 atom stereocenters. The molecule has 0 aliphatic carbocycles. The molecule has 0 aromatic heterocycles. The summed E-state index contributed by atoms with van der Waals surface area (Å²) in [5.74, 6) is -0.178. The Morgan fingerprint density at radius 1 is 1.12 bits per heavy atom. The van der Waals surface area contributed by atoms with Crippen LogP contribution in [0.5, 0.6) is 0 Å². The van der Waals surface area contributed by atoms with Gasteiger partial charge in [0.25, 0.3) is 0 Å². The van der Waals surface area contributed by atoms with Gasteiger partial charge in [0.05, 0.1) is 7.11 Å². The number of ether oxygens (including phenoxy) is 1. The highest BCUT2D eigenvalue weighted by Gasteiger charge is 2.06. The van der Waals surface area contributed by atoms with Crippen LogP contribution in [-0.2, 0) is 9.53 Å². The van der Waals surface area contributed by atoms with Crippen LogP contribution in [-0.4, -0.2) is 17.5 Å². The van der Waals surface area contributed by atoms with Crippen molar-refractivity contribution in [2.75, 3.05) is 11.5 Å². The van der Waals surface area contributed by atoms with E-state index >= 15 is 0 Å². The fourth-order valence-corrected chi connectivity index (χ4v) is 2.32. The average Bonchev–Trinajstić information content (AvgIpc) is 2.36. The summed E-state index contributed by atoms with van der Waals surface area (Å²) in [5, 5.41) is 0. The smallest absolute Gasteiger partial charge is 0.334 e. The SMILES string of the molecule is CCCCCCCCC/C=C(\CI)C(=O)OC. The molecule has 0 fully saturated rings. The molecule has 0 aliphatic heterocycles. The van der Waals surface area contributed by atoms with E-state index in [2.05, 4.69) is 29.5 Å². The van der Waals surface area contributed by atoms with Crippen molar-refractivity contribution < 1.29 is 9.53 Å². The zero-order valence-corrected chi connectivity index (χ0v) is 13.3. The Labute approximate surface area is 119 Å². The lowest BCUT2D eigenvalue weighted by Crippen LogP contribution is -2.05. The summed E-state index contributed by atoms with van der Waals surface area (Å²) in [6, 6.07) is 0. The molecule has 0 aliphatic rings. The molecule has 0 N–H and O–H groups in total. The summed E-state index contributed by atoms with van der Waals surface area (Å²) in [6.07, 6.45) is 12.2. The highest BCUT2D eigenvalue weighted by atomic mass is 127. The largest absolute Gasteiger partial charge is 0.466 e. The van der Waals surface area contributed by atoms with Crippen molar-refractivity contribution in [3.63, 3.8) is 0 Å². The van der Waals surface area contributed by atoms with Crippen LogP contribution in [0.2, 0.25) is 0 Å². The minimum atomic E-state index is -0.178. The number of carbonyl (C=O) groups excluding carboxylic acids is 1. The van der Waals surface area contributed by atoms with Gasteiger partial charge in [0, 0.05) is 10.0 Å². The Morgan fingerprint density at radius 2 is 1.71 bits per heavy atom. The maximum absolute atomic E-state index is 11.3. The summed E-state index contributed by atoms with van der Waals surface area (Å²) in [5.41, 5.74) is 0.805. The third kappa shape index (κ3) is 9.62. The first-order valence-corrected chi connectivity index (χ1v) is 8.12. The summed E-state index contributed by atoms with van der Waals surface area (Å²) < 4.78 is 5.45. The second kappa shape index (κ2) is 12.4. The third-order valence-corrected chi connectivity index (χ3v) is 3.61. The van der Waals surface area contributed by atoms with Gasteiger partial charge in [-0.1, -0.05) is 74.1 Å². The predicted octanol–water partition coefficient (Wildman–Crippen LogP) is 4.66. The van der Waals surface area contributed by atoms with Crippen molar-refractivity contribution in [2.45, 2.75) is 58.3 Å². The Balaban J connectivity index is 3.53. The number of esters is 1. The Bertz CT molecular complexity index is 224. The molecular weight excluding hydrogens is 327 g/mol. The van der Waals surface area contributed by atoms with E-state index in [1.165, 1.54) is 52.1 Å². The Kier molecular flexibility index (Phi) is 12.4. The number of allylic oxidation sites excluding steroid dienone is 1. The molecule has 0 amide bonds. The number of halogens is 1. The lowest BCUT2D eigenvalue weighted by Gasteiger charge is -2.02. The highest BCUT2D eigenvalue weighted by Crippen LogP contribution is 2.11. The van der Waals surface area contributed by atoms with Gasteiger partial charge in [-0.25, -0.2) is 4.79 Å². The lowest BCUT2D eigenvalue weighted by atomic mass is 10.1. The molecule has 0 aromatic rings. The van der Waals surface area contributed by atoms with E-state index in [4.69, 9.17) is 4.74 Å². The van der Waals surface area contributed by atoms with Gasteiger partial charge in [0.15, 0.2) is 0 Å². The van der Waals surface area contributed by atoms with Gasteiger partial charge in [-0.2, -0.15) is 0 Å². The fourth-order valence-electron chi connectivity index (χ4n) is 1.70. The maximum Gasteiger partial charge on any atom is 0.334 e. The quantitative estimate of drug-likeness (QED) is 0.188. The Morgan fingerprint density at radius 3 is 2.24 bits per heavy atom. The predicted molar refractivity (Wildman–Crippen MR) is 81.6 cm³/mol. The van der Waals surface area contributed by atoms with Crippen molar-refractivity contribution in [2.24, 2.45) is 0 Å². The first-order chi connectivity index (χ1) is 8.26. The first-order valence-electron chi connectivity index (χ1n) is 6.59. The van der Waals surface area contributed by atoms with E-state index in [1.807, 2.05) is 6.08 Å². The van der Waals surface area contributed by atoms with Gasteiger partial charge in [-0.15, -0.1) is 0 Å². The standard InChI is InChI=1S/C14H25IO2/c1-3-4-5-6-7-8-9-10-11-13(12-15)14(16)17-2/h11H,3-10,12H2,1-2H3/b13-11+. The normalized spacial score (nSPS) is 11.6. The van der Waals surface area contributed by atoms with Crippen molar-refractivity contribution in [1.82, 2.24) is 0 Å². The van der Waals surface area contributed by atoms with Crippen LogP contribution in [0.25, 0.3) is 0 Å². The zero-order chi connectivity index (χ0) is 12.9. The van der Waals surface area contributed by atoms with E-state index in [0.29, 0.717) is 0 Å². The van der Waals surface area contributed by atoms with Gasteiger partial charge in [0.1, 0.15) is 0 Å². The van der Waals surface area contributed by atoms with Crippen LogP contribution in [0, 0.1) is 0 Å². The molecule has 0 saturated heterocycles. The van der Waals surface area contributed by atoms with Gasteiger partial charge in [0.2, 0.25) is 0 Å². The molecule has 0 bridgehead atoms. The van der Waals surface area contributed by atoms with E-state index in [1.54, 1.807) is 0 Å². The van der Waals surface area contributed by atoms with Crippen LogP contribution < -0.4 is 0 Å². The topological polar surface area (TPSA) is 26.3 Å². The van der Waals surface area contributed by atoms with Gasteiger partial charge < -0.3 is 4.74 Å². The fraction of sp³-hybridized carbons (Fsp3) is 0.786. The highest BCUT2D eigenvalue weighted by molar-refractivity contribution is 14.1. The molecule has 3 heteroatoms. The van der Waals surface area contributed by atoms with Crippen LogP contribution in [0.4, 0.5) is 0 Å². The van der Waals surface area contributed by atoms with Crippen LogP contribution in [0.1, 0.15) is 58.3 Å². The van der Waals surface area contributed by atoms with Crippen molar-refractivity contribution in [3.05, 3.63) is 11.6 Å². The summed E-state index contributed by atoms with van der Waals surface area (Å²) >= 11 is 2.20. The zero-order valence-electron chi connectivity index (χ0n) is 11.1. The maximum atomic E-state index is 11.3. The molecule has 0 radical (unpaired) electrons. The van der Waals surface area contributed by atoms with E-state index in [-0.39, 0.29) is 5.97 Å². The molecule has 17 heavy (non-hydrogen) atoms. The first kappa shape index (κ1) is 16.9. The third-order valence-electron chi connectivity index (χ3n) is 2.79. The number of hydrogen-bond donors (Lipinski definition) is 0. The molecule has 2 nitrogen and oxygen atoms in total. The summed E-state index contributed by atoms with van der Waals surface area (Å²) in [4.78, 5) is 11.3. The number of rotatable bonds is 10. The van der Waals surface area contributed by atoms with Crippen molar-refractivity contribution in [3.8, 4) is 0 Å². The molecule has 0 saturated carbocycles. The van der Waals surface area contributed by atoms with E-state index < -0.39 is 0 Å². The number of hydrogen-bond acceptors (Lipinski definition) is 2. The average molecular weight is 352 g/mol. The van der Waals surface area contributed by atoms with Crippen LogP contribution in [0.3, 0.4) is 0 Å². The lowest BCUT2D eigenvalue weighted by molar-refractivity contribution is -0.135. The van der Waals surface area contributed by atoms with E-state index in [9.17, 15) is 4.79 Å². The minimum Gasteiger partial charge on any atom is -0.466 e. The van der Waals surface area contributed by atoms with Crippen molar-refractivity contribution >= 4 is 28.6 Å². The Hall–Kier alpha value is -0.0600. The van der Waals surface area contributed by atoms with Crippen LogP contribution in [0.15, 0.2) is 11.6 Å². The number of carbonyl (C=O) groups is 1. The molecule has 100 valence electrons. The molecule has 0 rings (SSSR count). The van der Waals surface area contributed by atoms with Gasteiger partial charge in [-0.3, -0.25) is 0 Å². The second-order valence-electron chi connectivity index (χ2n) is 4.26. The molecule has 0 unspecified atom stereocenters. The van der Waals surface area contributed by atoms with E-state index in [0.717, 1.165) is 16.4 Å². The van der Waals surface area contributed by atoms with Gasteiger partial charge >= 0.3 is 5.97 Å².